The summed E-state index contributed by atoms with van der Waals surface area (Å²) in [6, 6.07) is 0.931. The van der Waals surface area contributed by atoms with Crippen molar-refractivity contribution in [3.63, 3.8) is 0 Å². The summed E-state index contributed by atoms with van der Waals surface area (Å²) in [5, 5.41) is 0. The Morgan fingerprint density at radius 3 is 0.632 bits per heavy atom. The van der Waals surface area contributed by atoms with E-state index in [9.17, 15) is 0 Å². The van der Waals surface area contributed by atoms with E-state index in [2.05, 4.69) is 39.2 Å². The van der Waals surface area contributed by atoms with Gasteiger partial charge in [-0.25, -0.2) is 0 Å². The zero-order valence-corrected chi connectivity index (χ0v) is 48.2. The van der Waals surface area contributed by atoms with Crippen LogP contribution in [0, 0.1) is 59.2 Å². The Morgan fingerprint density at radius 2 is 0.515 bits per heavy atom. The molecule has 68 heavy (non-hydrogen) atoms. The van der Waals surface area contributed by atoms with Crippen molar-refractivity contribution in [2.24, 2.45) is 117 Å². The van der Waals surface area contributed by atoms with Gasteiger partial charge in [-0.1, -0.05) is 165 Å². The fourth-order valence-corrected chi connectivity index (χ4v) is 11.3. The van der Waals surface area contributed by atoms with Crippen LogP contribution in [0.2, 0.25) is 0 Å². The topological polar surface area (TPSA) is 260 Å². The SMILES string of the molecule is CC.CC.CC1CCCC1CN.CCC1CCCC1C.CCC1CCCC1N.CN.CN.NCC1CCCC1.NCC1CCCC1.NCC1CCCC1.NCC1CCCC1.NCC1CCCC1N. The van der Waals surface area contributed by atoms with Crippen LogP contribution in [0.5, 0.6) is 0 Å². The molecule has 0 heterocycles. The monoisotopic (exact) mass is 971 g/mol. The fraction of sp³-hybridized carbons (Fsp3) is 1.00. The third-order valence-corrected chi connectivity index (χ3v) is 16.4. The van der Waals surface area contributed by atoms with E-state index in [1.165, 1.54) is 207 Å². The Hall–Kier alpha value is -0.400. The molecule has 0 spiro atoms. The molecule has 8 fully saturated rings. The molecule has 8 aliphatic carbocycles. The first-order valence-electron chi connectivity index (χ1n) is 30.0. The van der Waals surface area contributed by atoms with Gasteiger partial charge in [-0.05, 0) is 196 Å². The van der Waals surface area contributed by atoms with Crippen molar-refractivity contribution in [2.45, 2.75) is 260 Å². The van der Waals surface area contributed by atoms with Crippen molar-refractivity contribution in [2.75, 3.05) is 53.4 Å². The van der Waals surface area contributed by atoms with Gasteiger partial charge in [-0.15, -0.1) is 0 Å². The summed E-state index contributed by atoms with van der Waals surface area (Å²) >= 11 is 0. The predicted octanol–water partition coefficient (Wildman–Crippen LogP) is 11.6. The van der Waals surface area contributed by atoms with E-state index in [4.69, 9.17) is 45.9 Å². The first kappa shape index (κ1) is 74.1. The third-order valence-electron chi connectivity index (χ3n) is 16.4. The fourth-order valence-electron chi connectivity index (χ4n) is 11.3. The number of rotatable bonds is 8. The lowest BCUT2D eigenvalue weighted by atomic mass is 9.96. The number of hydrogen-bond donors (Lipinski definition) is 10. The molecule has 8 aliphatic rings. The van der Waals surface area contributed by atoms with Crippen LogP contribution in [-0.2, 0) is 0 Å². The van der Waals surface area contributed by atoms with Crippen molar-refractivity contribution in [1.82, 2.24) is 0 Å². The van der Waals surface area contributed by atoms with Crippen LogP contribution in [0.3, 0.4) is 0 Å². The molecule has 0 radical (unpaired) electrons. The predicted molar refractivity (Wildman–Crippen MR) is 309 cm³/mol. The van der Waals surface area contributed by atoms with Crippen molar-refractivity contribution < 1.29 is 0 Å². The summed E-state index contributed by atoms with van der Waals surface area (Å²) in [7, 11) is 3.00. The molecule has 8 rings (SSSR count). The lowest BCUT2D eigenvalue weighted by molar-refractivity contribution is 0.407. The lowest BCUT2D eigenvalue weighted by Gasteiger charge is -2.10. The van der Waals surface area contributed by atoms with Gasteiger partial charge in [0.05, 0.1) is 0 Å². The first-order chi connectivity index (χ1) is 33.1. The van der Waals surface area contributed by atoms with Gasteiger partial charge in [0.2, 0.25) is 0 Å². The Bertz CT molecular complexity index is 761. The van der Waals surface area contributed by atoms with E-state index in [-0.39, 0.29) is 0 Å². The summed E-state index contributed by atoms with van der Waals surface area (Å²) in [4.78, 5) is 0. The van der Waals surface area contributed by atoms with E-state index >= 15 is 0 Å². The molecule has 0 aromatic carbocycles. The minimum atomic E-state index is 0.403. The molecule has 8 atom stereocenters. The molecule has 0 aromatic rings. The minimum absolute atomic E-state index is 0.403. The summed E-state index contributed by atoms with van der Waals surface area (Å²) in [5.74, 6) is 8.80. The zero-order chi connectivity index (χ0) is 52.4. The first-order valence-corrected chi connectivity index (χ1v) is 30.0. The summed E-state index contributed by atoms with van der Waals surface area (Å²) < 4.78 is 0. The highest BCUT2D eigenvalue weighted by atomic mass is 14.7. The zero-order valence-electron chi connectivity index (χ0n) is 48.2. The third kappa shape index (κ3) is 39.2. The molecule has 10 nitrogen and oxygen atoms in total. The second-order valence-corrected chi connectivity index (χ2v) is 20.9. The number of nitrogens with two attached hydrogens (primary N) is 10. The minimum Gasteiger partial charge on any atom is -0.333 e. The molecular formula is C58H134N10. The van der Waals surface area contributed by atoms with Crippen LogP contribution in [0.15, 0.2) is 0 Å². The molecule has 10 heteroatoms. The van der Waals surface area contributed by atoms with Crippen LogP contribution < -0.4 is 57.3 Å². The average molecular weight is 972 g/mol. The molecule has 416 valence electrons. The van der Waals surface area contributed by atoms with Gasteiger partial charge in [0.15, 0.2) is 0 Å². The van der Waals surface area contributed by atoms with E-state index < -0.39 is 0 Å². The van der Waals surface area contributed by atoms with Crippen molar-refractivity contribution in [3.05, 3.63) is 0 Å². The van der Waals surface area contributed by atoms with Gasteiger partial charge in [0.1, 0.15) is 0 Å². The smallest absolute Gasteiger partial charge is 0.00792 e. The molecule has 20 N–H and O–H groups in total. The van der Waals surface area contributed by atoms with Crippen LogP contribution >= 0.6 is 0 Å². The molecule has 8 saturated carbocycles. The molecule has 0 aromatic heterocycles. The highest BCUT2D eigenvalue weighted by Gasteiger charge is 2.23. The Morgan fingerprint density at radius 1 is 0.279 bits per heavy atom. The van der Waals surface area contributed by atoms with Gasteiger partial charge in [-0.2, -0.15) is 0 Å². The van der Waals surface area contributed by atoms with Gasteiger partial charge in [0.25, 0.3) is 0 Å². The molecule has 8 unspecified atom stereocenters. The summed E-state index contributed by atoms with van der Waals surface area (Å²) in [5.41, 5.74) is 53.2. The van der Waals surface area contributed by atoms with Crippen LogP contribution in [0.1, 0.15) is 248 Å². The highest BCUT2D eigenvalue weighted by Crippen LogP contribution is 2.33. The normalized spacial score (nSPS) is 28.1. The van der Waals surface area contributed by atoms with Gasteiger partial charge < -0.3 is 57.3 Å². The summed E-state index contributed by atoms with van der Waals surface area (Å²) in [6.45, 7) is 22.6. The van der Waals surface area contributed by atoms with Crippen molar-refractivity contribution in [3.8, 4) is 0 Å². The Balaban J connectivity index is -0.000000337. The quantitative estimate of drug-likeness (QED) is 0.110. The van der Waals surface area contributed by atoms with Gasteiger partial charge in [0, 0.05) is 12.1 Å². The highest BCUT2D eigenvalue weighted by molar-refractivity contribution is 4.80. The van der Waals surface area contributed by atoms with Crippen LogP contribution in [0.4, 0.5) is 0 Å². The second-order valence-electron chi connectivity index (χ2n) is 20.9. The van der Waals surface area contributed by atoms with Crippen molar-refractivity contribution in [1.29, 1.82) is 0 Å². The second kappa shape index (κ2) is 55.9. The molecule has 0 saturated heterocycles. The standard InChI is InChI=1S/C8H16.2C7H15N.C6H14N2.4C6H13N.2C2H6.2CH5N/c1-3-8-6-4-5-7(8)2;1-6-3-2-4-7(6)5-8;1-2-6-4-3-5-7(6)8;7-4-5-2-1-3-6(5)8;4*7-5-6-3-1-2-4-6;4*1-2/h7-8H,3-6H2,1-2H3;2*6-7H,2-5,8H2,1H3;5-6H,1-4,7-8H2;4*6H,1-5,7H2;2*1-2H3;2*2H2,1H3. The van der Waals surface area contributed by atoms with E-state index in [1.807, 2.05) is 27.7 Å². The average Bonchev–Trinajstić information content (AvgIpc) is 4.25. The van der Waals surface area contributed by atoms with E-state index in [0.717, 1.165) is 92.5 Å². The molecule has 0 bridgehead atoms. The van der Waals surface area contributed by atoms with E-state index in [1.54, 1.807) is 0 Å². The largest absolute Gasteiger partial charge is 0.333 e. The maximum Gasteiger partial charge on any atom is 0.00792 e. The van der Waals surface area contributed by atoms with Gasteiger partial charge >= 0.3 is 0 Å². The summed E-state index contributed by atoms with van der Waals surface area (Å²) in [6.07, 6.45) is 41.5. The van der Waals surface area contributed by atoms with E-state index in [0.29, 0.717) is 18.0 Å². The molecular weight excluding hydrogens is 837 g/mol. The lowest BCUT2D eigenvalue weighted by Crippen LogP contribution is -2.29. The number of hydrogen-bond acceptors (Lipinski definition) is 10. The Labute approximate surface area is 428 Å². The maximum absolute atomic E-state index is 5.79. The van der Waals surface area contributed by atoms with Crippen LogP contribution in [-0.4, -0.2) is 65.4 Å². The van der Waals surface area contributed by atoms with Crippen LogP contribution in [0.25, 0.3) is 0 Å². The molecule has 0 amide bonds. The van der Waals surface area contributed by atoms with Gasteiger partial charge in [-0.3, -0.25) is 0 Å². The Kier molecular flexibility index (Phi) is 60.9. The molecule has 0 aliphatic heterocycles. The maximum atomic E-state index is 5.79. The van der Waals surface area contributed by atoms with Crippen molar-refractivity contribution >= 4 is 0 Å².